The van der Waals surface area contributed by atoms with E-state index in [1.54, 1.807) is 24.3 Å². The summed E-state index contributed by atoms with van der Waals surface area (Å²) in [6, 6.07) is 8.82. The van der Waals surface area contributed by atoms with E-state index < -0.39 is 17.6 Å². The van der Waals surface area contributed by atoms with Gasteiger partial charge in [-0.3, -0.25) is 19.2 Å². The van der Waals surface area contributed by atoms with Crippen molar-refractivity contribution in [2.45, 2.75) is 12.7 Å². The maximum atomic E-state index is 13.4. The molecule has 0 aliphatic carbocycles. The van der Waals surface area contributed by atoms with E-state index in [9.17, 15) is 22.8 Å². The van der Waals surface area contributed by atoms with Crippen LogP contribution >= 0.6 is 35.8 Å². The van der Waals surface area contributed by atoms with Gasteiger partial charge in [0.1, 0.15) is 0 Å². The number of hydrogen-bond donors (Lipinski definition) is 1. The first-order chi connectivity index (χ1) is 15.2. The molecule has 1 fully saturated rings. The van der Waals surface area contributed by atoms with Crippen molar-refractivity contribution >= 4 is 63.9 Å². The maximum absolute atomic E-state index is 13.4. The average Bonchev–Trinajstić information content (AvgIpc) is 3.24. The predicted molar refractivity (Wildman–Crippen MR) is 124 cm³/mol. The number of carbonyl (C=O) groups is 2. The molecule has 12 heteroatoms. The van der Waals surface area contributed by atoms with E-state index in [2.05, 4.69) is 5.10 Å². The van der Waals surface area contributed by atoms with Gasteiger partial charge >= 0.3 is 6.18 Å². The molecule has 2 heterocycles. The summed E-state index contributed by atoms with van der Waals surface area (Å²) in [7, 11) is 0. The molecule has 2 aromatic carbocycles. The number of benzene rings is 2. The number of carbonyl (C=O) groups excluding carboxylic acids is 2. The number of amides is 2. The first-order valence-corrected chi connectivity index (χ1v) is 10.6. The third-order valence-corrected chi connectivity index (χ3v) is 6.03. The number of nitrogens with zero attached hydrogens (tertiary/aromatic N) is 3. The molecule has 6 nitrogen and oxygen atoms in total. The molecule has 1 saturated heterocycles. The normalized spacial score (nSPS) is 15.5. The van der Waals surface area contributed by atoms with E-state index in [-0.39, 0.29) is 52.8 Å². The topological polar surface area (TPSA) is 81.2 Å². The van der Waals surface area contributed by atoms with Crippen LogP contribution in [0.25, 0.3) is 17.0 Å². The van der Waals surface area contributed by atoms with Crippen LogP contribution < -0.4 is 5.73 Å². The molecule has 1 aliphatic rings. The fraction of sp³-hybridized carbons (Fsp3) is 0.190. The molecule has 1 aromatic heterocycles. The van der Waals surface area contributed by atoms with Crippen molar-refractivity contribution in [2.24, 2.45) is 5.73 Å². The Hall–Kier alpha value is -2.53. The number of aromatic nitrogens is 2. The van der Waals surface area contributed by atoms with E-state index in [0.29, 0.717) is 16.5 Å². The van der Waals surface area contributed by atoms with E-state index >= 15 is 0 Å². The molecule has 0 spiro atoms. The third kappa shape index (κ3) is 5.19. The number of thioether (sulfide) groups is 1. The number of nitrogens with two attached hydrogens (primary N) is 1. The highest BCUT2D eigenvalue weighted by atomic mass is 35.5. The molecule has 0 atom stereocenters. The second-order valence-electron chi connectivity index (χ2n) is 7.04. The lowest BCUT2D eigenvalue weighted by Crippen LogP contribution is -2.33. The number of hydrogen-bond acceptors (Lipinski definition) is 5. The fourth-order valence-corrected chi connectivity index (χ4v) is 4.44. The minimum atomic E-state index is -4.54. The molecule has 4 rings (SSSR count). The minimum absolute atomic E-state index is 0. The summed E-state index contributed by atoms with van der Waals surface area (Å²) in [5.74, 6) is -0.399. The van der Waals surface area contributed by atoms with Gasteiger partial charge in [0.15, 0.2) is 0 Å². The lowest BCUT2D eigenvalue weighted by Gasteiger charge is -2.14. The zero-order valence-electron chi connectivity index (χ0n) is 16.8. The average molecular weight is 517 g/mol. The van der Waals surface area contributed by atoms with Crippen LogP contribution in [0.2, 0.25) is 5.02 Å². The smallest absolute Gasteiger partial charge is 0.329 e. The van der Waals surface area contributed by atoms with E-state index in [4.69, 9.17) is 17.3 Å². The highest BCUT2D eigenvalue weighted by molar-refractivity contribution is 8.18. The summed E-state index contributed by atoms with van der Waals surface area (Å²) in [5, 5.41) is 4.54. The molecule has 0 bridgehead atoms. The zero-order valence-corrected chi connectivity index (χ0v) is 19.2. The molecule has 3 aromatic rings. The van der Waals surface area contributed by atoms with Crippen LogP contribution in [-0.2, 0) is 17.5 Å². The van der Waals surface area contributed by atoms with E-state index in [1.807, 2.05) is 0 Å². The van der Waals surface area contributed by atoms with Gasteiger partial charge in [-0.05, 0) is 53.2 Å². The zero-order chi connectivity index (χ0) is 23.0. The first kappa shape index (κ1) is 25.1. The summed E-state index contributed by atoms with van der Waals surface area (Å²) < 4.78 is 41.6. The Labute approximate surface area is 202 Å². The van der Waals surface area contributed by atoms with Crippen LogP contribution in [0.1, 0.15) is 16.7 Å². The Kier molecular flexibility index (Phi) is 7.42. The van der Waals surface area contributed by atoms with Gasteiger partial charge in [0.05, 0.1) is 28.7 Å². The molecular weight excluding hydrogens is 500 g/mol. The van der Waals surface area contributed by atoms with Crippen molar-refractivity contribution in [3.63, 3.8) is 0 Å². The maximum Gasteiger partial charge on any atom is 0.416 e. The summed E-state index contributed by atoms with van der Waals surface area (Å²) in [5.41, 5.74) is 5.97. The molecule has 1 aliphatic heterocycles. The third-order valence-electron chi connectivity index (χ3n) is 4.89. The molecular formula is C21H17Cl2F3N4O2S. The molecule has 2 N–H and O–H groups in total. The minimum Gasteiger partial charge on any atom is -0.329 e. The Morgan fingerprint density at radius 1 is 1.15 bits per heavy atom. The van der Waals surface area contributed by atoms with Crippen molar-refractivity contribution in [1.82, 2.24) is 14.7 Å². The summed E-state index contributed by atoms with van der Waals surface area (Å²) >= 11 is 6.59. The Bertz CT molecular complexity index is 1260. The molecule has 174 valence electrons. The molecule has 33 heavy (non-hydrogen) atoms. The van der Waals surface area contributed by atoms with E-state index in [1.165, 1.54) is 23.0 Å². The Morgan fingerprint density at radius 3 is 2.61 bits per heavy atom. The number of halogens is 5. The monoisotopic (exact) mass is 516 g/mol. The summed E-state index contributed by atoms with van der Waals surface area (Å²) in [4.78, 5) is 25.7. The van der Waals surface area contributed by atoms with Gasteiger partial charge in [0.2, 0.25) is 0 Å². The molecule has 0 saturated carbocycles. The van der Waals surface area contributed by atoms with Gasteiger partial charge in [0, 0.05) is 23.5 Å². The van der Waals surface area contributed by atoms with Crippen molar-refractivity contribution in [2.75, 3.05) is 13.1 Å². The van der Waals surface area contributed by atoms with Crippen LogP contribution in [0.4, 0.5) is 18.0 Å². The lowest BCUT2D eigenvalue weighted by atomic mass is 10.1. The van der Waals surface area contributed by atoms with Gasteiger partial charge in [-0.15, -0.1) is 12.4 Å². The van der Waals surface area contributed by atoms with Gasteiger partial charge in [-0.25, -0.2) is 0 Å². The van der Waals surface area contributed by atoms with E-state index in [0.717, 1.165) is 22.7 Å². The van der Waals surface area contributed by atoms with Gasteiger partial charge in [-0.1, -0.05) is 23.7 Å². The standard InChI is InChI=1S/C21H16ClF3N4O2S.ClH/c22-15-3-2-13(16(9-15)21(23,24)25)11-29-17-4-1-12(7-14(17)10-27-29)8-18-19(30)28(6-5-26)20(31)32-18;/h1-4,7-10H,5-6,11,26H2;1H/b18-8+;. The number of rotatable bonds is 5. The van der Waals surface area contributed by atoms with Crippen LogP contribution in [0, 0.1) is 0 Å². The first-order valence-electron chi connectivity index (χ1n) is 9.44. The highest BCUT2D eigenvalue weighted by Gasteiger charge is 2.35. The molecule has 0 unspecified atom stereocenters. The van der Waals surface area contributed by atoms with Crippen LogP contribution in [0.15, 0.2) is 47.5 Å². The lowest BCUT2D eigenvalue weighted by molar-refractivity contribution is -0.138. The van der Waals surface area contributed by atoms with Crippen molar-refractivity contribution < 1.29 is 22.8 Å². The number of imide groups is 1. The fourth-order valence-electron chi connectivity index (χ4n) is 3.41. The second-order valence-corrected chi connectivity index (χ2v) is 8.47. The highest BCUT2D eigenvalue weighted by Crippen LogP contribution is 2.35. The molecule has 0 radical (unpaired) electrons. The van der Waals surface area contributed by atoms with Gasteiger partial charge in [0.25, 0.3) is 11.1 Å². The Morgan fingerprint density at radius 2 is 1.91 bits per heavy atom. The van der Waals surface area contributed by atoms with Gasteiger partial charge in [-0.2, -0.15) is 18.3 Å². The Balaban J connectivity index is 0.00000306. The van der Waals surface area contributed by atoms with Crippen molar-refractivity contribution in [1.29, 1.82) is 0 Å². The van der Waals surface area contributed by atoms with Crippen LogP contribution in [-0.4, -0.2) is 38.9 Å². The quantitative estimate of drug-likeness (QED) is 0.473. The molecule has 2 amide bonds. The van der Waals surface area contributed by atoms with Crippen molar-refractivity contribution in [3.05, 3.63) is 69.2 Å². The van der Waals surface area contributed by atoms with Gasteiger partial charge < -0.3 is 5.73 Å². The van der Waals surface area contributed by atoms with Crippen LogP contribution in [0.5, 0.6) is 0 Å². The van der Waals surface area contributed by atoms with Crippen molar-refractivity contribution in [3.8, 4) is 0 Å². The number of fused-ring (bicyclic) bond motifs is 1. The SMILES string of the molecule is Cl.NCCN1C(=O)S/C(=C/c2ccc3c(cnn3Cc3ccc(Cl)cc3C(F)(F)F)c2)C1=O. The van der Waals surface area contributed by atoms with Crippen LogP contribution in [0.3, 0.4) is 0 Å². The summed E-state index contributed by atoms with van der Waals surface area (Å²) in [6.07, 6.45) is -1.40. The number of alkyl halides is 3. The summed E-state index contributed by atoms with van der Waals surface area (Å²) in [6.45, 7) is 0.241. The predicted octanol–water partition coefficient (Wildman–Crippen LogP) is 5.17. The largest absolute Gasteiger partial charge is 0.416 e. The second kappa shape index (κ2) is 9.76.